The fourth-order valence-electron chi connectivity index (χ4n) is 2.70. The van der Waals surface area contributed by atoms with Gasteiger partial charge in [0.05, 0.1) is 12.2 Å². The molecule has 7 heteroatoms. The molecule has 0 saturated heterocycles. The number of carbonyl (C=O) groups is 1. The highest BCUT2D eigenvalue weighted by molar-refractivity contribution is 5.77. The maximum absolute atomic E-state index is 12.1. The predicted molar refractivity (Wildman–Crippen MR) is 107 cm³/mol. The quantitative estimate of drug-likeness (QED) is 0.682. The van der Waals surface area contributed by atoms with E-state index in [0.29, 0.717) is 17.5 Å². The van der Waals surface area contributed by atoms with E-state index >= 15 is 0 Å². The van der Waals surface area contributed by atoms with Crippen molar-refractivity contribution in [1.29, 1.82) is 0 Å². The SMILES string of the molecule is Cc1ccc(-n2nnnc2CNC(=O)COc2ccc(C(C)C)cc2)cc1C. The average Bonchev–Trinajstić information content (AvgIpc) is 3.16. The minimum atomic E-state index is -0.234. The molecular formula is C21H25N5O2. The van der Waals surface area contributed by atoms with Crippen LogP contribution in [0.3, 0.4) is 0 Å². The molecule has 3 aromatic rings. The van der Waals surface area contributed by atoms with Gasteiger partial charge in [0, 0.05) is 0 Å². The Morgan fingerprint density at radius 3 is 2.54 bits per heavy atom. The lowest BCUT2D eigenvalue weighted by Gasteiger charge is -2.10. The van der Waals surface area contributed by atoms with Crippen molar-refractivity contribution in [3.63, 3.8) is 0 Å². The van der Waals surface area contributed by atoms with Crippen LogP contribution in [0.25, 0.3) is 5.69 Å². The van der Waals surface area contributed by atoms with Gasteiger partial charge in [-0.1, -0.05) is 32.0 Å². The summed E-state index contributed by atoms with van der Waals surface area (Å²) < 4.78 is 7.17. The lowest BCUT2D eigenvalue weighted by molar-refractivity contribution is -0.123. The van der Waals surface area contributed by atoms with Crippen molar-refractivity contribution in [3.05, 3.63) is 65.0 Å². The lowest BCUT2D eigenvalue weighted by atomic mass is 10.0. The van der Waals surface area contributed by atoms with Crippen molar-refractivity contribution in [3.8, 4) is 11.4 Å². The van der Waals surface area contributed by atoms with Crippen molar-refractivity contribution < 1.29 is 9.53 Å². The summed E-state index contributed by atoms with van der Waals surface area (Å²) in [5.74, 6) is 1.45. The lowest BCUT2D eigenvalue weighted by Crippen LogP contribution is -2.29. The van der Waals surface area contributed by atoms with Gasteiger partial charge in [-0.2, -0.15) is 4.68 Å². The van der Waals surface area contributed by atoms with Gasteiger partial charge in [-0.25, -0.2) is 0 Å². The molecular weight excluding hydrogens is 354 g/mol. The standard InChI is InChI=1S/C21H25N5O2/c1-14(2)17-6-9-19(10-7-17)28-13-21(27)22-12-20-23-24-25-26(20)18-8-5-15(3)16(4)11-18/h5-11,14H,12-13H2,1-4H3,(H,22,27). The Labute approximate surface area is 164 Å². The highest BCUT2D eigenvalue weighted by atomic mass is 16.5. The number of benzene rings is 2. The molecule has 0 aliphatic heterocycles. The van der Waals surface area contributed by atoms with E-state index in [0.717, 1.165) is 11.3 Å². The second kappa shape index (κ2) is 8.65. The summed E-state index contributed by atoms with van der Waals surface area (Å²) in [6.07, 6.45) is 0. The van der Waals surface area contributed by atoms with E-state index in [2.05, 4.69) is 41.6 Å². The van der Waals surface area contributed by atoms with Crippen LogP contribution in [-0.2, 0) is 11.3 Å². The molecule has 0 fully saturated rings. The molecule has 0 atom stereocenters. The van der Waals surface area contributed by atoms with Gasteiger partial charge >= 0.3 is 0 Å². The molecule has 1 amide bonds. The van der Waals surface area contributed by atoms with Crippen molar-refractivity contribution in [1.82, 2.24) is 25.5 Å². The number of rotatable bonds is 7. The molecule has 0 radical (unpaired) electrons. The van der Waals surface area contributed by atoms with Crippen molar-refractivity contribution in [2.24, 2.45) is 0 Å². The number of nitrogens with one attached hydrogen (secondary N) is 1. The number of amides is 1. The van der Waals surface area contributed by atoms with Gasteiger partial charge in [0.2, 0.25) is 0 Å². The summed E-state index contributed by atoms with van der Waals surface area (Å²) in [6, 6.07) is 13.8. The zero-order valence-electron chi connectivity index (χ0n) is 16.6. The maximum atomic E-state index is 12.1. The molecule has 0 aliphatic rings. The first-order valence-corrected chi connectivity index (χ1v) is 9.28. The van der Waals surface area contributed by atoms with Crippen LogP contribution in [0.15, 0.2) is 42.5 Å². The third-order valence-corrected chi connectivity index (χ3v) is 4.63. The number of carbonyl (C=O) groups excluding carboxylic acids is 1. The summed E-state index contributed by atoms with van der Waals surface area (Å²) in [7, 11) is 0. The monoisotopic (exact) mass is 379 g/mol. The highest BCUT2D eigenvalue weighted by Gasteiger charge is 2.11. The van der Waals surface area contributed by atoms with Gasteiger partial charge in [-0.3, -0.25) is 4.79 Å². The topological polar surface area (TPSA) is 81.9 Å². The Balaban J connectivity index is 1.55. The Hall–Kier alpha value is -3.22. The number of aryl methyl sites for hydroxylation is 2. The molecule has 1 heterocycles. The second-order valence-electron chi connectivity index (χ2n) is 7.06. The summed E-state index contributed by atoms with van der Waals surface area (Å²) >= 11 is 0. The number of hydrogen-bond donors (Lipinski definition) is 1. The van der Waals surface area contributed by atoms with E-state index in [-0.39, 0.29) is 19.1 Å². The van der Waals surface area contributed by atoms with Crippen LogP contribution in [0.1, 0.15) is 42.3 Å². The molecule has 2 aromatic carbocycles. The van der Waals surface area contributed by atoms with E-state index in [1.54, 1.807) is 4.68 Å². The fraction of sp³-hybridized carbons (Fsp3) is 0.333. The molecule has 7 nitrogen and oxygen atoms in total. The maximum Gasteiger partial charge on any atom is 0.258 e. The number of nitrogens with zero attached hydrogens (tertiary/aromatic N) is 4. The van der Waals surface area contributed by atoms with Crippen molar-refractivity contribution in [2.45, 2.75) is 40.2 Å². The van der Waals surface area contributed by atoms with Gasteiger partial charge in [0.25, 0.3) is 5.91 Å². The largest absolute Gasteiger partial charge is 0.484 e. The van der Waals surface area contributed by atoms with Crippen LogP contribution in [0.5, 0.6) is 5.75 Å². The molecule has 28 heavy (non-hydrogen) atoms. The van der Waals surface area contributed by atoms with Gasteiger partial charge in [-0.15, -0.1) is 5.10 Å². The van der Waals surface area contributed by atoms with Crippen LogP contribution in [0.2, 0.25) is 0 Å². The minimum absolute atomic E-state index is 0.0633. The first-order chi connectivity index (χ1) is 13.4. The van der Waals surface area contributed by atoms with E-state index in [9.17, 15) is 4.79 Å². The van der Waals surface area contributed by atoms with Crippen LogP contribution in [-0.4, -0.2) is 32.7 Å². The average molecular weight is 379 g/mol. The number of ether oxygens (including phenoxy) is 1. The second-order valence-corrected chi connectivity index (χ2v) is 7.06. The smallest absolute Gasteiger partial charge is 0.258 e. The Morgan fingerprint density at radius 1 is 1.11 bits per heavy atom. The summed E-state index contributed by atoms with van der Waals surface area (Å²) in [4.78, 5) is 12.1. The molecule has 3 rings (SSSR count). The summed E-state index contributed by atoms with van der Waals surface area (Å²) in [5, 5.41) is 14.6. The summed E-state index contributed by atoms with van der Waals surface area (Å²) in [5.41, 5.74) is 4.44. The number of tetrazole rings is 1. The normalized spacial score (nSPS) is 10.9. The number of hydrogen-bond acceptors (Lipinski definition) is 5. The molecule has 0 bridgehead atoms. The third-order valence-electron chi connectivity index (χ3n) is 4.63. The zero-order chi connectivity index (χ0) is 20.1. The van der Waals surface area contributed by atoms with Gasteiger partial charge < -0.3 is 10.1 Å². The third kappa shape index (κ3) is 4.73. The van der Waals surface area contributed by atoms with E-state index in [4.69, 9.17) is 4.74 Å². The van der Waals surface area contributed by atoms with E-state index in [1.165, 1.54) is 11.1 Å². The van der Waals surface area contributed by atoms with Crippen LogP contribution in [0.4, 0.5) is 0 Å². The molecule has 0 unspecified atom stereocenters. The first kappa shape index (κ1) is 19.5. The van der Waals surface area contributed by atoms with Gasteiger partial charge in [0.1, 0.15) is 5.75 Å². The molecule has 0 aliphatic carbocycles. The Bertz CT molecular complexity index is 948. The zero-order valence-corrected chi connectivity index (χ0v) is 16.6. The Kier molecular flexibility index (Phi) is 6.03. The van der Waals surface area contributed by atoms with E-state index < -0.39 is 0 Å². The Morgan fingerprint density at radius 2 is 1.86 bits per heavy atom. The number of aromatic nitrogens is 4. The fourth-order valence-corrected chi connectivity index (χ4v) is 2.70. The molecule has 0 spiro atoms. The summed E-state index contributed by atoms with van der Waals surface area (Å²) in [6.45, 7) is 8.51. The molecule has 1 aromatic heterocycles. The predicted octanol–water partition coefficient (Wildman–Crippen LogP) is 3.10. The van der Waals surface area contributed by atoms with Crippen molar-refractivity contribution >= 4 is 5.91 Å². The van der Waals surface area contributed by atoms with E-state index in [1.807, 2.05) is 49.4 Å². The van der Waals surface area contributed by atoms with Crippen LogP contribution < -0.4 is 10.1 Å². The van der Waals surface area contributed by atoms with Gasteiger partial charge in [-0.05, 0) is 71.1 Å². The molecule has 0 saturated carbocycles. The van der Waals surface area contributed by atoms with Crippen molar-refractivity contribution in [2.75, 3.05) is 6.61 Å². The van der Waals surface area contributed by atoms with Gasteiger partial charge in [0.15, 0.2) is 12.4 Å². The minimum Gasteiger partial charge on any atom is -0.484 e. The molecule has 146 valence electrons. The first-order valence-electron chi connectivity index (χ1n) is 9.28. The van der Waals surface area contributed by atoms with Crippen LogP contribution in [0, 0.1) is 13.8 Å². The highest BCUT2D eigenvalue weighted by Crippen LogP contribution is 2.18. The molecule has 1 N–H and O–H groups in total. The van der Waals surface area contributed by atoms with Crippen LogP contribution >= 0.6 is 0 Å².